The molecule has 3 heteroatoms. The Balaban J connectivity index is 2.02. The van der Waals surface area contributed by atoms with Gasteiger partial charge in [-0.05, 0) is 30.6 Å². The molecular formula is C18H28NO2+. The Kier molecular flexibility index (Phi) is 5.40. The van der Waals surface area contributed by atoms with Crippen LogP contribution in [0.1, 0.15) is 51.6 Å². The van der Waals surface area contributed by atoms with Gasteiger partial charge in [0, 0.05) is 5.56 Å². The highest BCUT2D eigenvalue weighted by molar-refractivity contribution is 5.76. The fourth-order valence-corrected chi connectivity index (χ4v) is 3.30. The van der Waals surface area contributed by atoms with Crippen molar-refractivity contribution in [2.45, 2.75) is 52.2 Å². The fraction of sp³-hybridized carbons (Fsp3) is 0.611. The molecule has 1 aliphatic carbocycles. The number of ether oxygens (including phenoxy) is 1. The van der Waals surface area contributed by atoms with Crippen LogP contribution >= 0.6 is 0 Å². The van der Waals surface area contributed by atoms with Crippen molar-refractivity contribution >= 4 is 5.97 Å². The highest BCUT2D eigenvalue weighted by Gasteiger charge is 2.35. The molecule has 4 atom stereocenters. The summed E-state index contributed by atoms with van der Waals surface area (Å²) in [4.78, 5) is 12.4. The highest BCUT2D eigenvalue weighted by Crippen LogP contribution is 2.35. The van der Waals surface area contributed by atoms with E-state index < -0.39 is 6.04 Å². The minimum atomic E-state index is -0.434. The lowest BCUT2D eigenvalue weighted by molar-refractivity contribution is -0.415. The smallest absolute Gasteiger partial charge is 0.370 e. The van der Waals surface area contributed by atoms with Gasteiger partial charge in [-0.1, -0.05) is 57.5 Å². The Morgan fingerprint density at radius 2 is 1.90 bits per heavy atom. The molecule has 116 valence electrons. The van der Waals surface area contributed by atoms with E-state index in [1.54, 1.807) is 0 Å². The molecule has 1 fully saturated rings. The summed E-state index contributed by atoms with van der Waals surface area (Å²) in [7, 11) is 0. The summed E-state index contributed by atoms with van der Waals surface area (Å²) in [6, 6.07) is 9.24. The third-order valence-electron chi connectivity index (χ3n) is 4.72. The monoisotopic (exact) mass is 290 g/mol. The van der Waals surface area contributed by atoms with Gasteiger partial charge in [0.15, 0.2) is 0 Å². The molecule has 3 N–H and O–H groups in total. The first-order valence-corrected chi connectivity index (χ1v) is 8.07. The van der Waals surface area contributed by atoms with Crippen LogP contribution in [-0.4, -0.2) is 12.1 Å². The standard InChI is InChI=1S/C18H27NO2/c1-12(2)15-10-9-13(3)11-16(15)21-18(20)17(19)14-7-5-4-6-8-14/h4-8,12-13,15-17H,9-11,19H2,1-3H3/p+1/t13-,15+,16-,17+/m1/s1. The van der Waals surface area contributed by atoms with Gasteiger partial charge in [0.1, 0.15) is 6.10 Å². The molecule has 1 saturated carbocycles. The average molecular weight is 290 g/mol. The van der Waals surface area contributed by atoms with Crippen LogP contribution in [0.25, 0.3) is 0 Å². The number of carbonyl (C=O) groups excluding carboxylic acids is 1. The van der Waals surface area contributed by atoms with Crippen molar-refractivity contribution in [2.24, 2.45) is 17.8 Å². The molecule has 0 heterocycles. The molecule has 1 aromatic carbocycles. The topological polar surface area (TPSA) is 53.9 Å². The van der Waals surface area contributed by atoms with E-state index in [1.807, 2.05) is 30.3 Å². The fourth-order valence-electron chi connectivity index (χ4n) is 3.30. The summed E-state index contributed by atoms with van der Waals surface area (Å²) >= 11 is 0. The molecule has 1 aliphatic rings. The first kappa shape index (κ1) is 16.0. The summed E-state index contributed by atoms with van der Waals surface area (Å²) < 4.78 is 5.85. The molecule has 21 heavy (non-hydrogen) atoms. The molecule has 0 bridgehead atoms. The second-order valence-corrected chi connectivity index (χ2v) is 6.76. The first-order chi connectivity index (χ1) is 9.99. The predicted molar refractivity (Wildman–Crippen MR) is 83.3 cm³/mol. The largest absolute Gasteiger partial charge is 0.457 e. The lowest BCUT2D eigenvalue weighted by Crippen LogP contribution is -2.58. The molecule has 0 amide bonds. The van der Waals surface area contributed by atoms with E-state index in [4.69, 9.17) is 4.74 Å². The van der Waals surface area contributed by atoms with E-state index in [0.717, 1.165) is 18.4 Å². The summed E-state index contributed by atoms with van der Waals surface area (Å²) in [5, 5.41) is 0. The maximum atomic E-state index is 12.4. The van der Waals surface area contributed by atoms with Crippen molar-refractivity contribution in [2.75, 3.05) is 0 Å². The van der Waals surface area contributed by atoms with Crippen molar-refractivity contribution in [3.63, 3.8) is 0 Å². The summed E-state index contributed by atoms with van der Waals surface area (Å²) in [5.74, 6) is 1.48. The minimum absolute atomic E-state index is 0.0502. The molecule has 2 rings (SSSR count). The number of hydrogen-bond donors (Lipinski definition) is 1. The van der Waals surface area contributed by atoms with E-state index >= 15 is 0 Å². The number of quaternary nitrogens is 1. The van der Waals surface area contributed by atoms with E-state index in [9.17, 15) is 4.79 Å². The Bertz CT molecular complexity index is 458. The number of hydrogen-bond acceptors (Lipinski definition) is 2. The zero-order valence-corrected chi connectivity index (χ0v) is 13.4. The SMILES string of the molecule is CC(C)[C@@H]1CC[C@@H](C)C[C@H]1OC(=O)[C@@H]([NH3+])c1ccccc1. The molecule has 0 radical (unpaired) electrons. The molecule has 0 aromatic heterocycles. The minimum Gasteiger partial charge on any atom is -0.457 e. The van der Waals surface area contributed by atoms with Crippen molar-refractivity contribution < 1.29 is 15.3 Å². The number of rotatable bonds is 4. The molecule has 1 aromatic rings. The third kappa shape index (κ3) is 4.07. The summed E-state index contributed by atoms with van der Waals surface area (Å²) in [5.41, 5.74) is 4.91. The molecular weight excluding hydrogens is 262 g/mol. The quantitative estimate of drug-likeness (QED) is 0.867. The van der Waals surface area contributed by atoms with Gasteiger partial charge in [-0.25, -0.2) is 4.79 Å². The summed E-state index contributed by atoms with van der Waals surface area (Å²) in [6.45, 7) is 6.69. The second-order valence-electron chi connectivity index (χ2n) is 6.76. The zero-order valence-electron chi connectivity index (χ0n) is 13.4. The van der Waals surface area contributed by atoms with Crippen molar-refractivity contribution in [3.8, 4) is 0 Å². The van der Waals surface area contributed by atoms with E-state index in [2.05, 4.69) is 26.5 Å². The van der Waals surface area contributed by atoms with E-state index in [-0.39, 0.29) is 12.1 Å². The Hall–Kier alpha value is -1.35. The molecule has 3 nitrogen and oxygen atoms in total. The van der Waals surface area contributed by atoms with E-state index in [0.29, 0.717) is 17.8 Å². The van der Waals surface area contributed by atoms with E-state index in [1.165, 1.54) is 6.42 Å². The molecule has 0 aliphatic heterocycles. The van der Waals surface area contributed by atoms with Crippen LogP contribution < -0.4 is 5.73 Å². The zero-order chi connectivity index (χ0) is 15.4. The number of esters is 1. The second kappa shape index (κ2) is 7.08. The van der Waals surface area contributed by atoms with Gasteiger partial charge < -0.3 is 10.5 Å². The Morgan fingerprint density at radius 3 is 2.52 bits per heavy atom. The number of carbonyl (C=O) groups is 1. The van der Waals surface area contributed by atoms with Crippen LogP contribution in [0.5, 0.6) is 0 Å². The van der Waals surface area contributed by atoms with Crippen LogP contribution in [0.4, 0.5) is 0 Å². The maximum absolute atomic E-state index is 12.4. The van der Waals surface area contributed by atoms with Gasteiger partial charge in [0.05, 0.1) is 0 Å². The van der Waals surface area contributed by atoms with Gasteiger partial charge in [0.25, 0.3) is 0 Å². The van der Waals surface area contributed by atoms with Gasteiger partial charge in [-0.2, -0.15) is 0 Å². The normalized spacial score (nSPS) is 27.4. The van der Waals surface area contributed by atoms with Gasteiger partial charge in [-0.3, -0.25) is 0 Å². The van der Waals surface area contributed by atoms with Crippen LogP contribution in [-0.2, 0) is 9.53 Å². The van der Waals surface area contributed by atoms with Crippen molar-refractivity contribution in [1.29, 1.82) is 0 Å². The van der Waals surface area contributed by atoms with Crippen LogP contribution in [0.3, 0.4) is 0 Å². The predicted octanol–water partition coefficient (Wildman–Crippen LogP) is 2.97. The Morgan fingerprint density at radius 1 is 1.24 bits per heavy atom. The van der Waals surface area contributed by atoms with Crippen LogP contribution in [0.15, 0.2) is 30.3 Å². The summed E-state index contributed by atoms with van der Waals surface area (Å²) in [6.07, 6.45) is 3.43. The Labute approximate surface area is 127 Å². The maximum Gasteiger partial charge on any atom is 0.370 e. The third-order valence-corrected chi connectivity index (χ3v) is 4.72. The van der Waals surface area contributed by atoms with Crippen LogP contribution in [0, 0.1) is 17.8 Å². The first-order valence-electron chi connectivity index (χ1n) is 8.07. The lowest BCUT2D eigenvalue weighted by Gasteiger charge is -2.36. The van der Waals surface area contributed by atoms with Gasteiger partial charge in [0.2, 0.25) is 6.04 Å². The van der Waals surface area contributed by atoms with Crippen molar-refractivity contribution in [3.05, 3.63) is 35.9 Å². The lowest BCUT2D eigenvalue weighted by atomic mass is 9.75. The average Bonchev–Trinajstić information content (AvgIpc) is 2.47. The molecule has 0 spiro atoms. The van der Waals surface area contributed by atoms with Gasteiger partial charge >= 0.3 is 5.97 Å². The van der Waals surface area contributed by atoms with Gasteiger partial charge in [-0.15, -0.1) is 0 Å². The molecule has 0 unspecified atom stereocenters. The number of benzene rings is 1. The van der Waals surface area contributed by atoms with Crippen LogP contribution in [0.2, 0.25) is 0 Å². The molecule has 0 saturated heterocycles. The van der Waals surface area contributed by atoms with Crippen molar-refractivity contribution in [1.82, 2.24) is 0 Å². The highest BCUT2D eigenvalue weighted by atomic mass is 16.5.